The molecule has 1 atom stereocenters. The zero-order chi connectivity index (χ0) is 15.5. The van der Waals surface area contributed by atoms with Gasteiger partial charge >= 0.3 is 6.09 Å². The summed E-state index contributed by atoms with van der Waals surface area (Å²) in [6.07, 6.45) is 3.32. The quantitative estimate of drug-likeness (QED) is 0.829. The van der Waals surface area contributed by atoms with Crippen molar-refractivity contribution >= 4 is 22.0 Å². The van der Waals surface area contributed by atoms with E-state index < -0.39 is 5.60 Å². The fraction of sp³-hybridized carbons (Fsp3) is 0.600. The standard InChI is InChI=1S/C15H21BrN2O3/c1-15(2,3)21-14(19)18-8-4-5-12(18)10-20-13-7-6-11(16)9-17-13/h6-7,9,12H,4-5,8,10H2,1-3H3/t12-/m0/s1. The number of hydrogen-bond donors (Lipinski definition) is 0. The van der Waals surface area contributed by atoms with Gasteiger partial charge in [0.1, 0.15) is 12.2 Å². The van der Waals surface area contributed by atoms with E-state index in [2.05, 4.69) is 20.9 Å². The fourth-order valence-corrected chi connectivity index (χ4v) is 2.43. The van der Waals surface area contributed by atoms with Gasteiger partial charge in [0, 0.05) is 23.3 Å². The van der Waals surface area contributed by atoms with Gasteiger partial charge in [0.05, 0.1) is 6.04 Å². The second-order valence-corrected chi connectivity index (χ2v) is 7.01. The second-order valence-electron chi connectivity index (χ2n) is 6.10. The lowest BCUT2D eigenvalue weighted by Crippen LogP contribution is -2.42. The van der Waals surface area contributed by atoms with Gasteiger partial charge in [0.2, 0.25) is 5.88 Å². The Morgan fingerprint density at radius 1 is 1.48 bits per heavy atom. The summed E-state index contributed by atoms with van der Waals surface area (Å²) in [6, 6.07) is 3.73. The third-order valence-corrected chi connectivity index (χ3v) is 3.60. The first-order valence-electron chi connectivity index (χ1n) is 7.09. The molecule has 0 bridgehead atoms. The highest BCUT2D eigenvalue weighted by Crippen LogP contribution is 2.22. The molecule has 1 fully saturated rings. The molecule has 2 rings (SSSR count). The predicted octanol–water partition coefficient (Wildman–Crippen LogP) is 3.62. The Morgan fingerprint density at radius 3 is 2.86 bits per heavy atom. The Labute approximate surface area is 133 Å². The lowest BCUT2D eigenvalue weighted by molar-refractivity contribution is 0.0186. The molecular formula is C15H21BrN2O3. The van der Waals surface area contributed by atoms with E-state index in [0.29, 0.717) is 12.5 Å². The summed E-state index contributed by atoms with van der Waals surface area (Å²) in [7, 11) is 0. The van der Waals surface area contributed by atoms with Crippen molar-refractivity contribution in [3.63, 3.8) is 0 Å². The van der Waals surface area contributed by atoms with Gasteiger partial charge in [-0.25, -0.2) is 9.78 Å². The maximum absolute atomic E-state index is 12.2. The van der Waals surface area contributed by atoms with E-state index in [1.54, 1.807) is 17.2 Å². The number of nitrogens with zero attached hydrogens (tertiary/aromatic N) is 2. The fourth-order valence-electron chi connectivity index (χ4n) is 2.20. The minimum Gasteiger partial charge on any atom is -0.475 e. The van der Waals surface area contributed by atoms with Gasteiger partial charge < -0.3 is 14.4 Å². The average Bonchev–Trinajstić information content (AvgIpc) is 2.84. The van der Waals surface area contributed by atoms with E-state index >= 15 is 0 Å². The van der Waals surface area contributed by atoms with Crippen molar-refractivity contribution < 1.29 is 14.3 Å². The molecule has 5 nitrogen and oxygen atoms in total. The maximum atomic E-state index is 12.2. The van der Waals surface area contributed by atoms with Crippen LogP contribution in [0.25, 0.3) is 0 Å². The molecule has 21 heavy (non-hydrogen) atoms. The number of amides is 1. The molecule has 116 valence electrons. The number of ether oxygens (including phenoxy) is 2. The molecular weight excluding hydrogens is 336 g/mol. The Kier molecular flexibility index (Phi) is 5.08. The molecule has 0 N–H and O–H groups in total. The van der Waals surface area contributed by atoms with Crippen LogP contribution in [0.15, 0.2) is 22.8 Å². The lowest BCUT2D eigenvalue weighted by atomic mass is 10.2. The minimum atomic E-state index is -0.474. The van der Waals surface area contributed by atoms with Crippen LogP contribution in [-0.4, -0.2) is 40.8 Å². The molecule has 1 aromatic heterocycles. The first-order valence-corrected chi connectivity index (χ1v) is 7.88. The van der Waals surface area contributed by atoms with Crippen LogP contribution in [0.3, 0.4) is 0 Å². The Hall–Kier alpha value is -1.30. The first kappa shape index (κ1) is 16.1. The van der Waals surface area contributed by atoms with Crippen LogP contribution in [0.1, 0.15) is 33.6 Å². The molecule has 1 amide bonds. The lowest BCUT2D eigenvalue weighted by Gasteiger charge is -2.28. The van der Waals surface area contributed by atoms with Crippen LogP contribution in [0, 0.1) is 0 Å². The third-order valence-electron chi connectivity index (χ3n) is 3.13. The number of pyridine rings is 1. The number of rotatable bonds is 3. The topological polar surface area (TPSA) is 51.7 Å². The number of likely N-dealkylation sites (tertiary alicyclic amines) is 1. The van der Waals surface area contributed by atoms with E-state index in [0.717, 1.165) is 23.9 Å². The van der Waals surface area contributed by atoms with Crippen molar-refractivity contribution in [1.82, 2.24) is 9.88 Å². The number of halogens is 1. The van der Waals surface area contributed by atoms with Crippen molar-refractivity contribution in [2.45, 2.75) is 45.3 Å². The number of carbonyl (C=O) groups is 1. The highest BCUT2D eigenvalue weighted by atomic mass is 79.9. The van der Waals surface area contributed by atoms with Crippen molar-refractivity contribution in [3.05, 3.63) is 22.8 Å². The summed E-state index contributed by atoms with van der Waals surface area (Å²) < 4.78 is 12.0. The SMILES string of the molecule is CC(C)(C)OC(=O)N1CCC[C@H]1COc1ccc(Br)cn1. The van der Waals surface area contributed by atoms with Crippen LogP contribution in [0.4, 0.5) is 4.79 Å². The van der Waals surface area contributed by atoms with Gasteiger partial charge in [0.15, 0.2) is 0 Å². The smallest absolute Gasteiger partial charge is 0.410 e. The molecule has 0 aliphatic carbocycles. The summed E-state index contributed by atoms with van der Waals surface area (Å²) in [5.41, 5.74) is -0.474. The van der Waals surface area contributed by atoms with E-state index in [9.17, 15) is 4.79 Å². The third kappa shape index (κ3) is 4.88. The molecule has 0 spiro atoms. The van der Waals surface area contributed by atoms with Gasteiger partial charge in [0.25, 0.3) is 0 Å². The normalized spacial score (nSPS) is 18.7. The van der Waals surface area contributed by atoms with Crippen molar-refractivity contribution in [1.29, 1.82) is 0 Å². The van der Waals surface area contributed by atoms with Gasteiger partial charge in [-0.2, -0.15) is 0 Å². The van der Waals surface area contributed by atoms with Gasteiger partial charge in [-0.05, 0) is 55.6 Å². The first-order chi connectivity index (χ1) is 9.85. The van der Waals surface area contributed by atoms with Gasteiger partial charge in [-0.15, -0.1) is 0 Å². The van der Waals surface area contributed by atoms with Crippen molar-refractivity contribution in [2.24, 2.45) is 0 Å². The molecule has 1 aromatic rings. The minimum absolute atomic E-state index is 0.0466. The molecule has 0 aromatic carbocycles. The van der Waals surface area contributed by atoms with E-state index in [1.807, 2.05) is 26.8 Å². The molecule has 0 unspecified atom stereocenters. The monoisotopic (exact) mass is 356 g/mol. The van der Waals surface area contributed by atoms with E-state index in [-0.39, 0.29) is 12.1 Å². The van der Waals surface area contributed by atoms with E-state index in [4.69, 9.17) is 9.47 Å². The van der Waals surface area contributed by atoms with Crippen LogP contribution in [0.5, 0.6) is 5.88 Å². The molecule has 2 heterocycles. The summed E-state index contributed by atoms with van der Waals surface area (Å²) in [4.78, 5) is 18.1. The predicted molar refractivity (Wildman–Crippen MR) is 83.4 cm³/mol. The Balaban J connectivity index is 1.90. The highest BCUT2D eigenvalue weighted by molar-refractivity contribution is 9.10. The summed E-state index contributed by atoms with van der Waals surface area (Å²) in [5, 5.41) is 0. The molecule has 0 saturated carbocycles. The summed E-state index contributed by atoms with van der Waals surface area (Å²) in [6.45, 7) is 6.78. The highest BCUT2D eigenvalue weighted by Gasteiger charge is 2.32. The summed E-state index contributed by atoms with van der Waals surface area (Å²) >= 11 is 3.33. The van der Waals surface area contributed by atoms with Crippen LogP contribution >= 0.6 is 15.9 Å². The molecule has 1 saturated heterocycles. The molecule has 1 aliphatic heterocycles. The van der Waals surface area contributed by atoms with Crippen LogP contribution < -0.4 is 4.74 Å². The number of hydrogen-bond acceptors (Lipinski definition) is 4. The number of carbonyl (C=O) groups excluding carboxylic acids is 1. The average molecular weight is 357 g/mol. The molecule has 6 heteroatoms. The Morgan fingerprint density at radius 2 is 2.24 bits per heavy atom. The Bertz CT molecular complexity index is 485. The van der Waals surface area contributed by atoms with E-state index in [1.165, 1.54) is 0 Å². The maximum Gasteiger partial charge on any atom is 0.410 e. The van der Waals surface area contributed by atoms with Crippen molar-refractivity contribution in [2.75, 3.05) is 13.2 Å². The van der Waals surface area contributed by atoms with Crippen LogP contribution in [0.2, 0.25) is 0 Å². The largest absolute Gasteiger partial charge is 0.475 e. The number of aromatic nitrogens is 1. The van der Waals surface area contributed by atoms with Gasteiger partial charge in [-0.3, -0.25) is 0 Å². The zero-order valence-corrected chi connectivity index (χ0v) is 14.2. The molecule has 0 radical (unpaired) electrons. The summed E-state index contributed by atoms with van der Waals surface area (Å²) in [5.74, 6) is 0.564. The van der Waals surface area contributed by atoms with Gasteiger partial charge in [-0.1, -0.05) is 0 Å². The van der Waals surface area contributed by atoms with Crippen LogP contribution in [-0.2, 0) is 4.74 Å². The zero-order valence-electron chi connectivity index (χ0n) is 12.6. The molecule has 1 aliphatic rings. The second kappa shape index (κ2) is 6.64. The van der Waals surface area contributed by atoms with Crippen molar-refractivity contribution in [3.8, 4) is 5.88 Å².